The van der Waals surface area contributed by atoms with Crippen LogP contribution >= 0.6 is 23.2 Å². The van der Waals surface area contributed by atoms with Gasteiger partial charge in [-0.3, -0.25) is 0 Å². The minimum Gasteiger partial charge on any atom is -0.490 e. The maximum Gasteiger partial charge on any atom is 0.158 e. The zero-order chi connectivity index (χ0) is 15.6. The van der Waals surface area contributed by atoms with Crippen LogP contribution in [-0.4, -0.2) is 11.6 Å². The summed E-state index contributed by atoms with van der Waals surface area (Å²) in [7, 11) is 0. The number of ether oxygens (including phenoxy) is 1. The molecule has 2 rings (SSSR count). The first-order valence-electron chi connectivity index (χ1n) is 6.66. The Kier molecular flexibility index (Phi) is 4.86. The Morgan fingerprint density at radius 2 is 2.14 bits per heavy atom. The fourth-order valence-corrected chi connectivity index (χ4v) is 2.71. The molecule has 0 aliphatic heterocycles. The van der Waals surface area contributed by atoms with Crippen molar-refractivity contribution in [3.8, 4) is 5.75 Å². The minimum atomic E-state index is 0.385. The molecule has 0 spiro atoms. The van der Waals surface area contributed by atoms with Crippen molar-refractivity contribution in [3.63, 3.8) is 0 Å². The fraction of sp³-hybridized carbons (Fsp3) is 0.250. The maximum absolute atomic E-state index is 6.44. The molecular formula is C16H18Cl2N2O. The number of fused-ring (bicyclic) bond motifs is 1. The third kappa shape index (κ3) is 3.04. The van der Waals surface area contributed by atoms with Crippen molar-refractivity contribution in [2.75, 3.05) is 6.61 Å². The predicted octanol–water partition coefficient (Wildman–Crippen LogP) is 5.08. The van der Waals surface area contributed by atoms with E-state index >= 15 is 0 Å². The van der Waals surface area contributed by atoms with Crippen molar-refractivity contribution in [1.29, 1.82) is 0 Å². The van der Waals surface area contributed by atoms with Gasteiger partial charge in [0, 0.05) is 16.6 Å². The molecule has 0 bridgehead atoms. The summed E-state index contributed by atoms with van der Waals surface area (Å²) in [5.41, 5.74) is 8.01. The van der Waals surface area contributed by atoms with Crippen molar-refractivity contribution in [2.45, 2.75) is 13.8 Å². The summed E-state index contributed by atoms with van der Waals surface area (Å²) >= 11 is 12.8. The van der Waals surface area contributed by atoms with Crippen molar-refractivity contribution in [3.05, 3.63) is 40.1 Å². The lowest BCUT2D eigenvalue weighted by atomic mass is 10.1. The highest BCUT2D eigenvalue weighted by molar-refractivity contribution is 6.41. The quantitative estimate of drug-likeness (QED) is 0.805. The standard InChI is InChI=1S/C16H18Cl2N2O/c1-4-13-10(5-6-19)11-7-12(17)16(21-8-9(2)3)14(18)15(11)20-13/h4-7,9,20H,1,8,19H2,2-3H3/b6-5-. The predicted molar refractivity (Wildman–Crippen MR) is 92.0 cm³/mol. The number of benzene rings is 1. The molecule has 0 saturated heterocycles. The molecule has 1 heterocycles. The Morgan fingerprint density at radius 3 is 2.71 bits per heavy atom. The van der Waals surface area contributed by atoms with Crippen LogP contribution in [0.2, 0.25) is 10.0 Å². The fourth-order valence-electron chi connectivity index (χ4n) is 2.10. The van der Waals surface area contributed by atoms with Gasteiger partial charge in [0.25, 0.3) is 0 Å². The monoisotopic (exact) mass is 324 g/mol. The molecule has 0 unspecified atom stereocenters. The lowest BCUT2D eigenvalue weighted by molar-refractivity contribution is 0.271. The summed E-state index contributed by atoms with van der Waals surface area (Å²) in [6, 6.07) is 1.83. The smallest absolute Gasteiger partial charge is 0.158 e. The van der Waals surface area contributed by atoms with Crippen molar-refractivity contribution in [1.82, 2.24) is 4.98 Å². The van der Waals surface area contributed by atoms with Crippen molar-refractivity contribution < 1.29 is 4.74 Å². The van der Waals surface area contributed by atoms with Crippen LogP contribution in [0.15, 0.2) is 18.8 Å². The number of hydrogen-bond donors (Lipinski definition) is 2. The van der Waals surface area contributed by atoms with Gasteiger partial charge in [0.1, 0.15) is 5.02 Å². The number of rotatable bonds is 5. The number of aromatic amines is 1. The average molecular weight is 325 g/mol. The number of nitrogens with two attached hydrogens (primary N) is 1. The molecule has 3 N–H and O–H groups in total. The van der Waals surface area contributed by atoms with E-state index in [1.54, 1.807) is 12.2 Å². The second kappa shape index (κ2) is 6.46. The third-order valence-electron chi connectivity index (χ3n) is 3.04. The molecule has 0 radical (unpaired) electrons. The van der Waals surface area contributed by atoms with Gasteiger partial charge >= 0.3 is 0 Å². The topological polar surface area (TPSA) is 51.0 Å². The highest BCUT2D eigenvalue weighted by Gasteiger charge is 2.17. The summed E-state index contributed by atoms with van der Waals surface area (Å²) in [5.74, 6) is 0.885. The lowest BCUT2D eigenvalue weighted by Gasteiger charge is -2.12. The van der Waals surface area contributed by atoms with E-state index in [4.69, 9.17) is 33.7 Å². The van der Waals surface area contributed by atoms with E-state index in [0.29, 0.717) is 28.3 Å². The van der Waals surface area contributed by atoms with E-state index < -0.39 is 0 Å². The maximum atomic E-state index is 6.44. The molecule has 112 valence electrons. The van der Waals surface area contributed by atoms with E-state index in [2.05, 4.69) is 25.4 Å². The molecule has 0 aliphatic rings. The Labute approximate surface area is 134 Å². The number of nitrogens with one attached hydrogen (secondary N) is 1. The summed E-state index contributed by atoms with van der Waals surface area (Å²) in [5, 5.41) is 1.84. The van der Waals surface area contributed by atoms with Gasteiger partial charge in [-0.1, -0.05) is 43.6 Å². The first kappa shape index (κ1) is 15.8. The average Bonchev–Trinajstić information content (AvgIpc) is 2.77. The normalized spacial score (nSPS) is 11.7. The van der Waals surface area contributed by atoms with E-state index in [9.17, 15) is 0 Å². The zero-order valence-corrected chi connectivity index (χ0v) is 13.6. The summed E-state index contributed by atoms with van der Waals surface area (Å²) < 4.78 is 5.73. The Hall–Kier alpha value is -1.58. The van der Waals surface area contributed by atoms with E-state index in [0.717, 1.165) is 22.2 Å². The molecule has 21 heavy (non-hydrogen) atoms. The molecule has 0 aliphatic carbocycles. The molecule has 0 saturated carbocycles. The first-order valence-corrected chi connectivity index (χ1v) is 7.42. The minimum absolute atomic E-state index is 0.385. The van der Waals surface area contributed by atoms with Crippen LogP contribution in [0.25, 0.3) is 23.1 Å². The highest BCUT2D eigenvalue weighted by Crippen LogP contribution is 2.41. The molecular weight excluding hydrogens is 307 g/mol. The molecule has 0 fully saturated rings. The van der Waals surface area contributed by atoms with Crippen LogP contribution in [0.4, 0.5) is 0 Å². The van der Waals surface area contributed by atoms with E-state index in [1.165, 1.54) is 6.20 Å². The summed E-state index contributed by atoms with van der Waals surface area (Å²) in [6.07, 6.45) is 4.98. The Balaban J connectivity index is 2.64. The van der Waals surface area contributed by atoms with Gasteiger partial charge in [-0.15, -0.1) is 0 Å². The van der Waals surface area contributed by atoms with E-state index in [1.807, 2.05) is 6.07 Å². The van der Waals surface area contributed by atoms with Crippen LogP contribution in [-0.2, 0) is 0 Å². The lowest BCUT2D eigenvalue weighted by Crippen LogP contribution is -2.05. The van der Waals surface area contributed by atoms with Crippen LogP contribution < -0.4 is 10.5 Å². The highest BCUT2D eigenvalue weighted by atomic mass is 35.5. The van der Waals surface area contributed by atoms with Crippen molar-refractivity contribution >= 4 is 46.3 Å². The number of aromatic nitrogens is 1. The molecule has 1 aromatic heterocycles. The number of H-pyrrole nitrogens is 1. The number of hydrogen-bond acceptors (Lipinski definition) is 2. The Morgan fingerprint density at radius 1 is 1.43 bits per heavy atom. The molecule has 2 aromatic rings. The van der Waals surface area contributed by atoms with Crippen molar-refractivity contribution in [2.24, 2.45) is 11.7 Å². The van der Waals surface area contributed by atoms with Gasteiger partial charge < -0.3 is 15.5 Å². The molecule has 0 amide bonds. The van der Waals surface area contributed by atoms with Gasteiger partial charge in [0.05, 0.1) is 17.1 Å². The van der Waals surface area contributed by atoms with Crippen LogP contribution in [0.1, 0.15) is 25.1 Å². The summed E-state index contributed by atoms with van der Waals surface area (Å²) in [6.45, 7) is 8.47. The zero-order valence-electron chi connectivity index (χ0n) is 12.0. The van der Waals surface area contributed by atoms with E-state index in [-0.39, 0.29) is 0 Å². The Bertz CT molecular complexity index is 702. The van der Waals surface area contributed by atoms with Crippen LogP contribution in [0.3, 0.4) is 0 Å². The molecule has 1 aromatic carbocycles. The van der Waals surface area contributed by atoms with Crippen LogP contribution in [0.5, 0.6) is 5.75 Å². The van der Waals surface area contributed by atoms with Gasteiger partial charge in [0.15, 0.2) is 5.75 Å². The van der Waals surface area contributed by atoms with Gasteiger partial charge in [-0.2, -0.15) is 0 Å². The summed E-state index contributed by atoms with van der Waals surface area (Å²) in [4.78, 5) is 3.23. The SMILES string of the molecule is C=Cc1[nH]c2c(Cl)c(OCC(C)C)c(Cl)cc2c1/C=C\N. The second-order valence-corrected chi connectivity index (χ2v) is 5.93. The van der Waals surface area contributed by atoms with Gasteiger partial charge in [-0.25, -0.2) is 0 Å². The third-order valence-corrected chi connectivity index (χ3v) is 3.69. The van der Waals surface area contributed by atoms with Crippen LogP contribution in [0, 0.1) is 5.92 Å². The molecule has 3 nitrogen and oxygen atoms in total. The molecule has 5 heteroatoms. The van der Waals surface area contributed by atoms with Gasteiger partial charge in [-0.05, 0) is 30.3 Å². The largest absolute Gasteiger partial charge is 0.490 e. The molecule has 0 atom stereocenters. The first-order chi connectivity index (χ1) is 9.99. The number of halogens is 2. The van der Waals surface area contributed by atoms with Gasteiger partial charge in [0.2, 0.25) is 0 Å². The second-order valence-electron chi connectivity index (χ2n) is 5.14.